The first kappa shape index (κ1) is 12.9. The molecular weight excluding hydrogens is 188 g/mol. The Bertz CT molecular complexity index is 145. The molecule has 2 N–H and O–H groups in total. The molecule has 0 aromatic heterocycles. The second kappa shape index (κ2) is 8.08. The maximum absolute atomic E-state index is 5.49. The summed E-state index contributed by atoms with van der Waals surface area (Å²) in [5, 5.41) is 7.01. The molecule has 0 aromatic rings. The van der Waals surface area contributed by atoms with Crippen molar-refractivity contribution in [2.45, 2.75) is 51.7 Å². The van der Waals surface area contributed by atoms with E-state index in [2.05, 4.69) is 24.5 Å². The van der Waals surface area contributed by atoms with E-state index >= 15 is 0 Å². The lowest BCUT2D eigenvalue weighted by Gasteiger charge is -2.23. The molecule has 0 radical (unpaired) electrons. The maximum Gasteiger partial charge on any atom is 0.0518 e. The summed E-state index contributed by atoms with van der Waals surface area (Å²) in [7, 11) is 0. The van der Waals surface area contributed by atoms with Crippen LogP contribution >= 0.6 is 0 Å². The van der Waals surface area contributed by atoms with Gasteiger partial charge in [-0.15, -0.1) is 0 Å². The maximum atomic E-state index is 5.49. The number of unbranched alkanes of at least 4 members (excludes halogenated alkanes) is 1. The van der Waals surface area contributed by atoms with Crippen molar-refractivity contribution in [3.05, 3.63) is 0 Å². The highest BCUT2D eigenvalue weighted by molar-refractivity contribution is 4.74. The molecule has 0 amide bonds. The Morgan fingerprint density at radius 3 is 2.93 bits per heavy atom. The lowest BCUT2D eigenvalue weighted by Crippen LogP contribution is -2.43. The molecule has 0 bridgehead atoms. The van der Waals surface area contributed by atoms with Crippen LogP contribution in [0.2, 0.25) is 0 Å². The van der Waals surface area contributed by atoms with Crippen molar-refractivity contribution in [1.29, 1.82) is 0 Å². The standard InChI is InChI=1S/C12H26N2O/c1-11(2)15-9-4-3-8-14-12-6-5-7-13-10-12/h11-14H,3-10H2,1-2H3. The van der Waals surface area contributed by atoms with E-state index in [1.54, 1.807) is 0 Å². The van der Waals surface area contributed by atoms with Crippen LogP contribution in [0.5, 0.6) is 0 Å². The number of rotatable bonds is 7. The smallest absolute Gasteiger partial charge is 0.0518 e. The molecule has 1 unspecified atom stereocenters. The average molecular weight is 214 g/mol. The summed E-state index contributed by atoms with van der Waals surface area (Å²) >= 11 is 0. The third kappa shape index (κ3) is 6.88. The quantitative estimate of drug-likeness (QED) is 0.631. The molecule has 1 aliphatic rings. The SMILES string of the molecule is CC(C)OCCCCNC1CCCNC1. The van der Waals surface area contributed by atoms with E-state index < -0.39 is 0 Å². The normalized spacial score (nSPS) is 22.2. The van der Waals surface area contributed by atoms with Gasteiger partial charge < -0.3 is 15.4 Å². The van der Waals surface area contributed by atoms with Gasteiger partial charge in [-0.05, 0) is 52.6 Å². The average Bonchev–Trinajstić information content (AvgIpc) is 2.24. The van der Waals surface area contributed by atoms with Crippen LogP contribution in [0.4, 0.5) is 0 Å². The second-order valence-electron chi connectivity index (χ2n) is 4.62. The first-order chi connectivity index (χ1) is 7.29. The van der Waals surface area contributed by atoms with Gasteiger partial charge in [0.1, 0.15) is 0 Å². The second-order valence-corrected chi connectivity index (χ2v) is 4.62. The van der Waals surface area contributed by atoms with Crippen molar-refractivity contribution < 1.29 is 4.74 Å². The summed E-state index contributed by atoms with van der Waals surface area (Å²) in [5.74, 6) is 0. The van der Waals surface area contributed by atoms with Gasteiger partial charge in [0.05, 0.1) is 6.10 Å². The molecule has 0 spiro atoms. The Balaban J connectivity index is 1.83. The van der Waals surface area contributed by atoms with Gasteiger partial charge in [0.2, 0.25) is 0 Å². The highest BCUT2D eigenvalue weighted by Crippen LogP contribution is 2.01. The van der Waals surface area contributed by atoms with Gasteiger partial charge in [0, 0.05) is 19.2 Å². The molecule has 1 rings (SSSR count). The van der Waals surface area contributed by atoms with Crippen LogP contribution in [-0.2, 0) is 4.74 Å². The minimum Gasteiger partial charge on any atom is -0.379 e. The van der Waals surface area contributed by atoms with E-state index in [0.717, 1.165) is 19.7 Å². The van der Waals surface area contributed by atoms with Crippen molar-refractivity contribution in [2.75, 3.05) is 26.2 Å². The largest absolute Gasteiger partial charge is 0.379 e. The highest BCUT2D eigenvalue weighted by Gasteiger charge is 2.10. The third-order valence-corrected chi connectivity index (χ3v) is 2.75. The van der Waals surface area contributed by atoms with E-state index in [1.807, 2.05) is 0 Å². The molecule has 15 heavy (non-hydrogen) atoms. The Kier molecular flexibility index (Phi) is 6.98. The number of nitrogens with one attached hydrogen (secondary N) is 2. The molecule has 1 fully saturated rings. The fourth-order valence-corrected chi connectivity index (χ4v) is 1.88. The monoisotopic (exact) mass is 214 g/mol. The molecule has 3 nitrogen and oxygen atoms in total. The van der Waals surface area contributed by atoms with Crippen molar-refractivity contribution in [3.8, 4) is 0 Å². The van der Waals surface area contributed by atoms with Gasteiger partial charge >= 0.3 is 0 Å². The van der Waals surface area contributed by atoms with Crippen molar-refractivity contribution >= 4 is 0 Å². The molecular formula is C12H26N2O. The fraction of sp³-hybridized carbons (Fsp3) is 1.00. The van der Waals surface area contributed by atoms with Crippen molar-refractivity contribution in [1.82, 2.24) is 10.6 Å². The van der Waals surface area contributed by atoms with Crippen LogP contribution in [0.25, 0.3) is 0 Å². The molecule has 1 aliphatic heterocycles. The van der Waals surface area contributed by atoms with Gasteiger partial charge in [-0.3, -0.25) is 0 Å². The van der Waals surface area contributed by atoms with E-state index in [9.17, 15) is 0 Å². The first-order valence-corrected chi connectivity index (χ1v) is 6.34. The van der Waals surface area contributed by atoms with E-state index in [1.165, 1.54) is 32.2 Å². The summed E-state index contributed by atoms with van der Waals surface area (Å²) in [5.41, 5.74) is 0. The zero-order chi connectivity index (χ0) is 10.9. The van der Waals surface area contributed by atoms with Crippen LogP contribution in [0, 0.1) is 0 Å². The lowest BCUT2D eigenvalue weighted by atomic mass is 10.1. The predicted octanol–water partition coefficient (Wildman–Crippen LogP) is 1.53. The van der Waals surface area contributed by atoms with Gasteiger partial charge in [0.15, 0.2) is 0 Å². The molecule has 1 saturated heterocycles. The van der Waals surface area contributed by atoms with E-state index in [0.29, 0.717) is 12.1 Å². The van der Waals surface area contributed by atoms with Gasteiger partial charge in [-0.2, -0.15) is 0 Å². The topological polar surface area (TPSA) is 33.3 Å². The molecule has 0 saturated carbocycles. The number of ether oxygens (including phenoxy) is 1. The zero-order valence-electron chi connectivity index (χ0n) is 10.2. The zero-order valence-corrected chi connectivity index (χ0v) is 10.2. The summed E-state index contributed by atoms with van der Waals surface area (Å²) in [6.07, 6.45) is 5.42. The van der Waals surface area contributed by atoms with Gasteiger partial charge in [-0.1, -0.05) is 0 Å². The Labute approximate surface area is 94.0 Å². The predicted molar refractivity (Wildman–Crippen MR) is 64.2 cm³/mol. The highest BCUT2D eigenvalue weighted by atomic mass is 16.5. The Hall–Kier alpha value is -0.120. The molecule has 90 valence electrons. The third-order valence-electron chi connectivity index (χ3n) is 2.75. The van der Waals surface area contributed by atoms with Crippen molar-refractivity contribution in [2.24, 2.45) is 0 Å². The van der Waals surface area contributed by atoms with Crippen LogP contribution in [0.1, 0.15) is 39.5 Å². The number of hydrogen-bond donors (Lipinski definition) is 2. The Morgan fingerprint density at radius 2 is 2.27 bits per heavy atom. The van der Waals surface area contributed by atoms with Crippen LogP contribution in [0.3, 0.4) is 0 Å². The van der Waals surface area contributed by atoms with Crippen molar-refractivity contribution in [3.63, 3.8) is 0 Å². The molecule has 3 heteroatoms. The summed E-state index contributed by atoms with van der Waals surface area (Å²) < 4.78 is 5.49. The summed E-state index contributed by atoms with van der Waals surface area (Å²) in [6, 6.07) is 0.699. The van der Waals surface area contributed by atoms with Crippen LogP contribution < -0.4 is 10.6 Å². The molecule has 1 heterocycles. The van der Waals surface area contributed by atoms with Gasteiger partial charge in [-0.25, -0.2) is 0 Å². The van der Waals surface area contributed by atoms with E-state index in [4.69, 9.17) is 4.74 Å². The fourth-order valence-electron chi connectivity index (χ4n) is 1.88. The molecule has 0 aromatic carbocycles. The number of piperidine rings is 1. The number of hydrogen-bond acceptors (Lipinski definition) is 3. The lowest BCUT2D eigenvalue weighted by molar-refractivity contribution is 0.0759. The molecule has 1 atom stereocenters. The summed E-state index contributed by atoms with van der Waals surface area (Å²) in [6.45, 7) is 8.55. The van der Waals surface area contributed by atoms with Gasteiger partial charge in [0.25, 0.3) is 0 Å². The summed E-state index contributed by atoms with van der Waals surface area (Å²) in [4.78, 5) is 0. The first-order valence-electron chi connectivity index (χ1n) is 6.34. The van der Waals surface area contributed by atoms with Crippen LogP contribution in [0.15, 0.2) is 0 Å². The molecule has 0 aliphatic carbocycles. The minimum absolute atomic E-state index is 0.375. The Morgan fingerprint density at radius 1 is 1.40 bits per heavy atom. The minimum atomic E-state index is 0.375. The van der Waals surface area contributed by atoms with Crippen LogP contribution in [-0.4, -0.2) is 38.4 Å². The van der Waals surface area contributed by atoms with E-state index in [-0.39, 0.29) is 0 Å².